The number of benzene rings is 3. The standard InChI is InChI=1S/C40H54N4/c1-10-30-20-33(22-35-27(4)24-39(7,8)43-37(30)35)41-29(6)19-26(3)17-18-40(9)25-28(5)36-23-34(21-31(11-2)38(36)44-40)42-32-15-13-12-14-16-32/h12-16,20-26,29,41-44H,10-11,17-19H2,1-9H3. The Morgan fingerprint density at radius 1 is 0.727 bits per heavy atom. The van der Waals surface area contributed by atoms with Crippen molar-refractivity contribution in [3.05, 3.63) is 89.0 Å². The Morgan fingerprint density at radius 3 is 1.98 bits per heavy atom. The molecule has 4 N–H and O–H groups in total. The number of anilines is 5. The van der Waals surface area contributed by atoms with Gasteiger partial charge in [0.1, 0.15) is 0 Å². The molecule has 234 valence electrons. The molecule has 44 heavy (non-hydrogen) atoms. The molecular weight excluding hydrogens is 536 g/mol. The number of hydrogen-bond acceptors (Lipinski definition) is 4. The molecule has 5 rings (SSSR count). The third-order valence-corrected chi connectivity index (χ3v) is 9.41. The zero-order valence-electron chi connectivity index (χ0n) is 28.5. The van der Waals surface area contributed by atoms with E-state index in [2.05, 4.69) is 150 Å². The van der Waals surface area contributed by atoms with E-state index in [1.54, 1.807) is 0 Å². The highest BCUT2D eigenvalue weighted by Crippen LogP contribution is 2.42. The smallest absolute Gasteiger partial charge is 0.0534 e. The zero-order valence-corrected chi connectivity index (χ0v) is 28.5. The van der Waals surface area contributed by atoms with Crippen LogP contribution in [0.25, 0.3) is 11.1 Å². The Morgan fingerprint density at radius 2 is 1.32 bits per heavy atom. The van der Waals surface area contributed by atoms with Gasteiger partial charge < -0.3 is 21.3 Å². The summed E-state index contributed by atoms with van der Waals surface area (Å²) in [4.78, 5) is 0. The molecule has 3 aromatic rings. The predicted octanol–water partition coefficient (Wildman–Crippen LogP) is 11.1. The molecule has 0 saturated heterocycles. The lowest BCUT2D eigenvalue weighted by atomic mass is 9.82. The van der Waals surface area contributed by atoms with Crippen LogP contribution in [-0.4, -0.2) is 17.1 Å². The van der Waals surface area contributed by atoms with E-state index in [1.165, 1.54) is 56.9 Å². The van der Waals surface area contributed by atoms with Crippen molar-refractivity contribution in [2.75, 3.05) is 21.3 Å². The lowest BCUT2D eigenvalue weighted by Gasteiger charge is -2.37. The van der Waals surface area contributed by atoms with Gasteiger partial charge in [0.25, 0.3) is 0 Å². The van der Waals surface area contributed by atoms with Gasteiger partial charge in [0.2, 0.25) is 0 Å². The van der Waals surface area contributed by atoms with Gasteiger partial charge in [-0.2, -0.15) is 0 Å². The number of fused-ring (bicyclic) bond motifs is 2. The fourth-order valence-electron chi connectivity index (χ4n) is 7.32. The van der Waals surface area contributed by atoms with Crippen LogP contribution in [0.3, 0.4) is 0 Å². The van der Waals surface area contributed by atoms with Gasteiger partial charge in [0, 0.05) is 45.6 Å². The van der Waals surface area contributed by atoms with Gasteiger partial charge in [-0.25, -0.2) is 0 Å². The molecule has 3 aromatic carbocycles. The average Bonchev–Trinajstić information content (AvgIpc) is 2.96. The first-order chi connectivity index (χ1) is 20.9. The number of allylic oxidation sites excluding steroid dienone is 2. The van der Waals surface area contributed by atoms with E-state index in [-0.39, 0.29) is 11.1 Å². The Kier molecular flexibility index (Phi) is 9.20. The average molecular weight is 591 g/mol. The second-order valence-electron chi connectivity index (χ2n) is 14.3. The van der Waals surface area contributed by atoms with Crippen LogP contribution in [0.5, 0.6) is 0 Å². The minimum atomic E-state index is -0.0561. The molecular formula is C40H54N4. The summed E-state index contributed by atoms with van der Waals surface area (Å²) in [6, 6.07) is 20.1. The van der Waals surface area contributed by atoms with Gasteiger partial charge in [-0.1, -0.05) is 51.1 Å². The summed E-state index contributed by atoms with van der Waals surface area (Å²) >= 11 is 0. The normalized spacial score (nSPS) is 19.8. The van der Waals surface area contributed by atoms with E-state index in [9.17, 15) is 0 Å². The van der Waals surface area contributed by atoms with Gasteiger partial charge in [-0.05, 0) is 138 Å². The van der Waals surface area contributed by atoms with E-state index in [4.69, 9.17) is 0 Å². The van der Waals surface area contributed by atoms with Crippen molar-refractivity contribution in [1.29, 1.82) is 0 Å². The predicted molar refractivity (Wildman–Crippen MR) is 194 cm³/mol. The van der Waals surface area contributed by atoms with Crippen LogP contribution in [-0.2, 0) is 12.8 Å². The third-order valence-electron chi connectivity index (χ3n) is 9.41. The van der Waals surface area contributed by atoms with Crippen molar-refractivity contribution in [3.63, 3.8) is 0 Å². The first-order valence-electron chi connectivity index (χ1n) is 16.8. The van der Waals surface area contributed by atoms with E-state index in [1.807, 2.05) is 0 Å². The van der Waals surface area contributed by atoms with Crippen LogP contribution in [0.4, 0.5) is 28.4 Å². The molecule has 0 radical (unpaired) electrons. The second kappa shape index (κ2) is 12.8. The molecule has 2 aliphatic rings. The van der Waals surface area contributed by atoms with Crippen molar-refractivity contribution in [1.82, 2.24) is 0 Å². The highest BCUT2D eigenvalue weighted by atomic mass is 15.0. The third kappa shape index (κ3) is 7.17. The molecule has 4 nitrogen and oxygen atoms in total. The summed E-state index contributed by atoms with van der Waals surface area (Å²) in [7, 11) is 0. The zero-order chi connectivity index (χ0) is 31.6. The molecule has 2 aliphatic heterocycles. The lowest BCUT2D eigenvalue weighted by Crippen LogP contribution is -2.36. The summed E-state index contributed by atoms with van der Waals surface area (Å²) in [6.07, 6.45) is 10.2. The van der Waals surface area contributed by atoms with Crippen molar-refractivity contribution < 1.29 is 0 Å². The summed E-state index contributed by atoms with van der Waals surface area (Å²) in [5, 5.41) is 15.2. The van der Waals surface area contributed by atoms with Gasteiger partial charge >= 0.3 is 0 Å². The van der Waals surface area contributed by atoms with Crippen molar-refractivity contribution >= 4 is 39.6 Å². The minimum absolute atomic E-state index is 0.0149. The SMILES string of the molecule is CCc1cc(NC(C)CC(C)CCC2(C)C=C(C)c3cc(Nc4ccccc4)cc(CC)c3N2)cc2c1NC(C)(C)C=C2C. The Bertz CT molecular complexity index is 1550. The highest BCUT2D eigenvalue weighted by molar-refractivity contribution is 5.86. The van der Waals surface area contributed by atoms with Crippen molar-refractivity contribution in [2.24, 2.45) is 5.92 Å². The Hall–Kier alpha value is -3.66. The quantitative estimate of drug-likeness (QED) is 0.179. The molecule has 0 aromatic heterocycles. The van der Waals surface area contributed by atoms with E-state index >= 15 is 0 Å². The maximum absolute atomic E-state index is 3.98. The summed E-state index contributed by atoms with van der Waals surface area (Å²) in [5.41, 5.74) is 14.2. The molecule has 0 fully saturated rings. The van der Waals surface area contributed by atoms with E-state index in [0.717, 1.165) is 37.1 Å². The number of aryl methyl sites for hydroxylation is 2. The van der Waals surface area contributed by atoms with E-state index < -0.39 is 0 Å². The molecule has 3 unspecified atom stereocenters. The number of para-hydroxylation sites is 1. The Labute approximate surface area is 266 Å². The highest BCUT2D eigenvalue weighted by Gasteiger charge is 2.30. The number of nitrogens with one attached hydrogen (secondary N) is 4. The molecule has 0 spiro atoms. The first-order valence-corrected chi connectivity index (χ1v) is 16.8. The number of hydrogen-bond donors (Lipinski definition) is 4. The van der Waals surface area contributed by atoms with Crippen LogP contribution < -0.4 is 21.3 Å². The molecule has 0 amide bonds. The fraction of sp³-hybridized carbons (Fsp3) is 0.450. The second-order valence-corrected chi connectivity index (χ2v) is 14.3. The van der Waals surface area contributed by atoms with Crippen LogP contribution in [0, 0.1) is 5.92 Å². The maximum Gasteiger partial charge on any atom is 0.0534 e. The van der Waals surface area contributed by atoms with Gasteiger partial charge in [0.15, 0.2) is 0 Å². The first kappa shape index (κ1) is 31.8. The fourth-order valence-corrected chi connectivity index (χ4v) is 7.32. The van der Waals surface area contributed by atoms with Gasteiger partial charge in [-0.15, -0.1) is 0 Å². The molecule has 0 bridgehead atoms. The molecule has 4 heteroatoms. The van der Waals surface area contributed by atoms with Gasteiger partial charge in [0.05, 0.1) is 11.1 Å². The lowest BCUT2D eigenvalue weighted by molar-refractivity contribution is 0.411. The monoisotopic (exact) mass is 590 g/mol. The van der Waals surface area contributed by atoms with Crippen LogP contribution >= 0.6 is 0 Å². The van der Waals surface area contributed by atoms with Crippen molar-refractivity contribution in [3.8, 4) is 0 Å². The number of rotatable bonds is 11. The van der Waals surface area contributed by atoms with Crippen molar-refractivity contribution in [2.45, 2.75) is 112 Å². The summed E-state index contributed by atoms with van der Waals surface area (Å²) < 4.78 is 0. The summed E-state index contributed by atoms with van der Waals surface area (Å²) in [5.74, 6) is 0.613. The molecule has 2 heterocycles. The van der Waals surface area contributed by atoms with Crippen LogP contribution in [0.1, 0.15) is 104 Å². The molecule has 3 atom stereocenters. The van der Waals surface area contributed by atoms with Gasteiger partial charge in [-0.3, -0.25) is 0 Å². The van der Waals surface area contributed by atoms with E-state index in [0.29, 0.717) is 12.0 Å². The minimum Gasteiger partial charge on any atom is -0.383 e. The van der Waals surface area contributed by atoms with Crippen LogP contribution in [0.15, 0.2) is 66.7 Å². The largest absolute Gasteiger partial charge is 0.383 e. The molecule has 0 saturated carbocycles. The summed E-state index contributed by atoms with van der Waals surface area (Å²) in [6.45, 7) is 20.6. The maximum atomic E-state index is 3.98. The Balaban J connectivity index is 1.22. The van der Waals surface area contributed by atoms with Crippen LogP contribution in [0.2, 0.25) is 0 Å². The molecule has 0 aliphatic carbocycles. The topological polar surface area (TPSA) is 48.1 Å².